The smallest absolute Gasteiger partial charge is 0.124 e. The topological polar surface area (TPSA) is 18.5 Å². The molecule has 122 valence electrons. The highest BCUT2D eigenvalue weighted by Gasteiger charge is 2.17. The van der Waals surface area contributed by atoms with Gasteiger partial charge in [-0.1, -0.05) is 43.7 Å². The van der Waals surface area contributed by atoms with Crippen LogP contribution in [-0.4, -0.2) is 6.61 Å². The molecule has 0 aromatic heterocycles. The van der Waals surface area contributed by atoms with Crippen LogP contribution in [0.1, 0.15) is 56.3 Å². The van der Waals surface area contributed by atoms with Gasteiger partial charge in [-0.3, -0.25) is 0 Å². The molecule has 0 fully saturated rings. The Morgan fingerprint density at radius 2 is 1.87 bits per heavy atom. The van der Waals surface area contributed by atoms with E-state index in [-0.39, 0.29) is 6.10 Å². The average molecular weight is 310 g/mol. The first-order valence-electron chi connectivity index (χ1n) is 8.84. The van der Waals surface area contributed by atoms with E-state index in [0.717, 1.165) is 43.8 Å². The summed E-state index contributed by atoms with van der Waals surface area (Å²) >= 11 is 0. The monoisotopic (exact) mass is 310 g/mol. The van der Waals surface area contributed by atoms with Gasteiger partial charge in [0.25, 0.3) is 0 Å². The minimum atomic E-state index is 0.140. The number of rotatable bonds is 5. The Morgan fingerprint density at radius 1 is 1.04 bits per heavy atom. The number of hydrogen-bond acceptors (Lipinski definition) is 2. The van der Waals surface area contributed by atoms with E-state index in [9.17, 15) is 0 Å². The quantitative estimate of drug-likeness (QED) is 0.658. The molecular formula is C21H26O2. The standard InChI is InChI=1S/C21H26O2/c1-2-3-16-22-19-14-12-18(13-15-19)21-11-7-5-9-17-8-4-6-10-20(17)23-21/h4,6,8,10,12-15,21H,2-3,5,7,9,11,16H2,1H3. The van der Waals surface area contributed by atoms with Crippen molar-refractivity contribution in [3.8, 4) is 11.5 Å². The molecule has 1 unspecified atom stereocenters. The minimum absolute atomic E-state index is 0.140. The van der Waals surface area contributed by atoms with Gasteiger partial charge in [-0.2, -0.15) is 0 Å². The largest absolute Gasteiger partial charge is 0.494 e. The maximum atomic E-state index is 6.32. The summed E-state index contributed by atoms with van der Waals surface area (Å²) < 4.78 is 12.1. The Morgan fingerprint density at radius 3 is 2.70 bits per heavy atom. The van der Waals surface area contributed by atoms with Crippen molar-refractivity contribution < 1.29 is 9.47 Å². The van der Waals surface area contributed by atoms with Crippen LogP contribution in [-0.2, 0) is 6.42 Å². The van der Waals surface area contributed by atoms with Crippen LogP contribution in [0.4, 0.5) is 0 Å². The molecule has 1 aliphatic rings. The molecule has 0 N–H and O–H groups in total. The van der Waals surface area contributed by atoms with Gasteiger partial charge < -0.3 is 9.47 Å². The number of hydrogen-bond donors (Lipinski definition) is 0. The van der Waals surface area contributed by atoms with E-state index in [0.29, 0.717) is 0 Å². The van der Waals surface area contributed by atoms with Gasteiger partial charge in [0.15, 0.2) is 0 Å². The Balaban J connectivity index is 1.71. The number of fused-ring (bicyclic) bond motifs is 1. The Kier molecular flexibility index (Phi) is 5.57. The van der Waals surface area contributed by atoms with E-state index in [1.165, 1.54) is 24.0 Å². The summed E-state index contributed by atoms with van der Waals surface area (Å²) in [6, 6.07) is 16.9. The van der Waals surface area contributed by atoms with Crippen LogP contribution in [0.15, 0.2) is 48.5 Å². The van der Waals surface area contributed by atoms with Gasteiger partial charge in [0, 0.05) is 0 Å². The molecule has 0 aliphatic carbocycles. The first-order chi connectivity index (χ1) is 11.4. The molecule has 0 saturated heterocycles. The normalized spacial score (nSPS) is 17.5. The molecular weight excluding hydrogens is 284 g/mol. The lowest BCUT2D eigenvalue weighted by atomic mass is 9.98. The van der Waals surface area contributed by atoms with Crippen molar-refractivity contribution >= 4 is 0 Å². The predicted molar refractivity (Wildman–Crippen MR) is 94.2 cm³/mol. The zero-order chi connectivity index (χ0) is 15.9. The third-order valence-corrected chi connectivity index (χ3v) is 4.42. The minimum Gasteiger partial charge on any atom is -0.494 e. The molecule has 1 heterocycles. The van der Waals surface area contributed by atoms with Crippen molar-refractivity contribution in [1.82, 2.24) is 0 Å². The molecule has 0 saturated carbocycles. The van der Waals surface area contributed by atoms with Gasteiger partial charge in [-0.25, -0.2) is 0 Å². The van der Waals surface area contributed by atoms with Crippen LogP contribution >= 0.6 is 0 Å². The Labute approximate surface area is 139 Å². The molecule has 1 atom stereocenters. The maximum Gasteiger partial charge on any atom is 0.124 e. The molecule has 0 spiro atoms. The first-order valence-corrected chi connectivity index (χ1v) is 8.84. The van der Waals surface area contributed by atoms with Gasteiger partial charge in [0.2, 0.25) is 0 Å². The number of para-hydroxylation sites is 1. The summed E-state index contributed by atoms with van der Waals surface area (Å²) in [7, 11) is 0. The summed E-state index contributed by atoms with van der Waals surface area (Å²) in [5.41, 5.74) is 2.57. The molecule has 0 bridgehead atoms. The zero-order valence-corrected chi connectivity index (χ0v) is 14.0. The molecule has 2 aromatic rings. The van der Waals surface area contributed by atoms with Crippen molar-refractivity contribution in [3.63, 3.8) is 0 Å². The second-order valence-electron chi connectivity index (χ2n) is 6.23. The van der Waals surface area contributed by atoms with Crippen LogP contribution in [0.2, 0.25) is 0 Å². The SMILES string of the molecule is CCCCOc1ccc(C2CCCCc3ccccc3O2)cc1. The van der Waals surface area contributed by atoms with Gasteiger partial charge in [-0.15, -0.1) is 0 Å². The highest BCUT2D eigenvalue weighted by molar-refractivity contribution is 5.35. The van der Waals surface area contributed by atoms with Crippen LogP contribution in [0.25, 0.3) is 0 Å². The predicted octanol–water partition coefficient (Wildman–Crippen LogP) is 5.71. The molecule has 0 amide bonds. The van der Waals surface area contributed by atoms with E-state index in [1.807, 2.05) is 0 Å². The second kappa shape index (κ2) is 8.05. The summed E-state index contributed by atoms with van der Waals surface area (Å²) in [6.07, 6.45) is 7.03. The lowest BCUT2D eigenvalue weighted by Gasteiger charge is -2.24. The summed E-state index contributed by atoms with van der Waals surface area (Å²) in [6.45, 7) is 2.97. The Hall–Kier alpha value is -1.96. The van der Waals surface area contributed by atoms with E-state index in [2.05, 4.69) is 55.5 Å². The van der Waals surface area contributed by atoms with Gasteiger partial charge in [-0.05, 0) is 61.4 Å². The highest BCUT2D eigenvalue weighted by Crippen LogP contribution is 2.33. The van der Waals surface area contributed by atoms with E-state index >= 15 is 0 Å². The number of ether oxygens (including phenoxy) is 2. The van der Waals surface area contributed by atoms with Crippen molar-refractivity contribution in [2.24, 2.45) is 0 Å². The van der Waals surface area contributed by atoms with Crippen molar-refractivity contribution in [2.75, 3.05) is 6.61 Å². The summed E-state index contributed by atoms with van der Waals surface area (Å²) in [4.78, 5) is 0. The lowest BCUT2D eigenvalue weighted by molar-refractivity contribution is 0.183. The number of aryl methyl sites for hydroxylation is 1. The van der Waals surface area contributed by atoms with Gasteiger partial charge in [0.05, 0.1) is 6.61 Å². The highest BCUT2D eigenvalue weighted by atomic mass is 16.5. The van der Waals surface area contributed by atoms with Gasteiger partial charge in [0.1, 0.15) is 17.6 Å². The van der Waals surface area contributed by atoms with Crippen LogP contribution in [0.5, 0.6) is 11.5 Å². The third-order valence-electron chi connectivity index (χ3n) is 4.42. The maximum absolute atomic E-state index is 6.32. The fourth-order valence-electron chi connectivity index (χ4n) is 3.03. The summed E-state index contributed by atoms with van der Waals surface area (Å²) in [5, 5.41) is 0. The molecule has 2 heteroatoms. The van der Waals surface area contributed by atoms with Crippen LogP contribution in [0, 0.1) is 0 Å². The Bertz CT molecular complexity index is 603. The molecule has 2 nitrogen and oxygen atoms in total. The van der Waals surface area contributed by atoms with Crippen molar-refractivity contribution in [3.05, 3.63) is 59.7 Å². The fraction of sp³-hybridized carbons (Fsp3) is 0.429. The van der Waals surface area contributed by atoms with Crippen LogP contribution in [0.3, 0.4) is 0 Å². The molecule has 2 aromatic carbocycles. The zero-order valence-electron chi connectivity index (χ0n) is 14.0. The lowest BCUT2D eigenvalue weighted by Crippen LogP contribution is -2.11. The average Bonchev–Trinajstić information content (AvgIpc) is 2.57. The third kappa shape index (κ3) is 4.28. The van der Waals surface area contributed by atoms with Crippen LogP contribution < -0.4 is 9.47 Å². The van der Waals surface area contributed by atoms with E-state index in [1.54, 1.807) is 0 Å². The molecule has 1 aliphatic heterocycles. The molecule has 23 heavy (non-hydrogen) atoms. The molecule has 0 radical (unpaired) electrons. The van der Waals surface area contributed by atoms with E-state index < -0.39 is 0 Å². The number of benzene rings is 2. The number of unbranched alkanes of at least 4 members (excludes halogenated alkanes) is 1. The second-order valence-corrected chi connectivity index (χ2v) is 6.23. The van der Waals surface area contributed by atoms with Crippen molar-refractivity contribution in [2.45, 2.75) is 51.6 Å². The fourth-order valence-corrected chi connectivity index (χ4v) is 3.03. The first kappa shape index (κ1) is 15.9. The summed E-state index contributed by atoms with van der Waals surface area (Å²) in [5.74, 6) is 1.99. The van der Waals surface area contributed by atoms with Gasteiger partial charge >= 0.3 is 0 Å². The van der Waals surface area contributed by atoms with E-state index in [4.69, 9.17) is 9.47 Å². The van der Waals surface area contributed by atoms with Crippen molar-refractivity contribution in [1.29, 1.82) is 0 Å². The molecule has 3 rings (SSSR count).